The minimum Gasteiger partial charge on any atom is -0.507 e. The molecule has 0 unspecified atom stereocenters. The fraction of sp³-hybridized carbons (Fsp3) is 0. The number of hydrogen-bond donors (Lipinski definition) is 4. The predicted octanol–water partition coefficient (Wildman–Crippen LogP) is 4.78. The SMILES string of the molecule is O=C(Nc1ccc(Nc2ccnc3[nH]c(=O)c4c(O)cccc4c23)cc1)c1ccccc1. The molecule has 32 heavy (non-hydrogen) atoms. The first-order valence-corrected chi connectivity index (χ1v) is 9.96. The van der Waals surface area contributed by atoms with Crippen LogP contribution in [0.2, 0.25) is 0 Å². The summed E-state index contributed by atoms with van der Waals surface area (Å²) < 4.78 is 0. The summed E-state index contributed by atoms with van der Waals surface area (Å²) in [5.74, 6) is -0.263. The van der Waals surface area contributed by atoms with E-state index in [1.165, 1.54) is 6.07 Å². The second-order valence-corrected chi connectivity index (χ2v) is 7.26. The lowest BCUT2D eigenvalue weighted by Crippen LogP contribution is -2.11. The van der Waals surface area contributed by atoms with Gasteiger partial charge in [-0.2, -0.15) is 0 Å². The third kappa shape index (κ3) is 3.52. The van der Waals surface area contributed by atoms with Crippen LogP contribution >= 0.6 is 0 Å². The monoisotopic (exact) mass is 422 g/mol. The Labute approximate surface area is 182 Å². The zero-order valence-corrected chi connectivity index (χ0v) is 16.8. The van der Waals surface area contributed by atoms with Crippen molar-refractivity contribution in [2.75, 3.05) is 10.6 Å². The van der Waals surface area contributed by atoms with E-state index in [2.05, 4.69) is 20.6 Å². The number of fused-ring (bicyclic) bond motifs is 3. The van der Waals surface area contributed by atoms with Gasteiger partial charge in [-0.15, -0.1) is 0 Å². The number of anilines is 3. The number of phenolic OH excluding ortho intramolecular Hbond substituents is 1. The standard InChI is InChI=1S/C25H18N4O3/c30-20-8-4-7-18-21-19(13-14-26-23(21)29-25(32)22(18)20)27-16-9-11-17(12-10-16)28-24(31)15-5-2-1-3-6-15/h1-14,30H,(H,28,31)(H2,26,27,29,32). The Hall–Kier alpha value is -4.65. The largest absolute Gasteiger partial charge is 0.507 e. The van der Waals surface area contributed by atoms with E-state index in [1.807, 2.05) is 30.3 Å². The molecule has 0 atom stereocenters. The summed E-state index contributed by atoms with van der Waals surface area (Å²) in [7, 11) is 0. The minimum absolute atomic E-state index is 0.0843. The Kier molecular flexibility index (Phi) is 4.76. The van der Waals surface area contributed by atoms with Gasteiger partial charge in [-0.3, -0.25) is 9.59 Å². The highest BCUT2D eigenvalue weighted by Crippen LogP contribution is 2.32. The van der Waals surface area contributed by atoms with Crippen LogP contribution in [0.3, 0.4) is 0 Å². The lowest BCUT2D eigenvalue weighted by atomic mass is 10.1. The molecule has 1 amide bonds. The van der Waals surface area contributed by atoms with Gasteiger partial charge in [0.2, 0.25) is 0 Å². The molecule has 0 bridgehead atoms. The third-order valence-corrected chi connectivity index (χ3v) is 5.18. The van der Waals surface area contributed by atoms with Crippen molar-refractivity contribution in [1.29, 1.82) is 0 Å². The van der Waals surface area contributed by atoms with E-state index >= 15 is 0 Å². The first-order chi connectivity index (χ1) is 15.6. The maximum absolute atomic E-state index is 12.4. The van der Waals surface area contributed by atoms with Gasteiger partial charge < -0.3 is 20.7 Å². The average Bonchev–Trinajstić information content (AvgIpc) is 2.81. The molecule has 7 nitrogen and oxygen atoms in total. The first kappa shape index (κ1) is 19.3. The number of nitrogens with zero attached hydrogens (tertiary/aromatic N) is 1. The van der Waals surface area contributed by atoms with Gasteiger partial charge in [0.25, 0.3) is 11.5 Å². The molecule has 4 N–H and O–H groups in total. The number of pyridine rings is 2. The molecule has 2 aromatic heterocycles. The van der Waals surface area contributed by atoms with Gasteiger partial charge in [0, 0.05) is 33.9 Å². The number of carbonyl (C=O) groups excluding carboxylic acids is 1. The zero-order valence-electron chi connectivity index (χ0n) is 16.8. The van der Waals surface area contributed by atoms with Crippen molar-refractivity contribution in [1.82, 2.24) is 9.97 Å². The second kappa shape index (κ2) is 7.88. The maximum Gasteiger partial charge on any atom is 0.261 e. The predicted molar refractivity (Wildman–Crippen MR) is 126 cm³/mol. The lowest BCUT2D eigenvalue weighted by Gasteiger charge is -2.12. The number of aromatic amines is 1. The number of phenols is 1. The summed E-state index contributed by atoms with van der Waals surface area (Å²) in [6.45, 7) is 0. The second-order valence-electron chi connectivity index (χ2n) is 7.26. The molecule has 0 saturated heterocycles. The van der Waals surface area contributed by atoms with Gasteiger partial charge >= 0.3 is 0 Å². The van der Waals surface area contributed by atoms with Crippen LogP contribution in [-0.2, 0) is 0 Å². The molecule has 0 aliphatic carbocycles. The summed E-state index contributed by atoms with van der Waals surface area (Å²) in [6.07, 6.45) is 1.60. The molecule has 0 saturated carbocycles. The van der Waals surface area contributed by atoms with Gasteiger partial charge in [-0.25, -0.2) is 4.98 Å². The van der Waals surface area contributed by atoms with Crippen LogP contribution in [0.4, 0.5) is 17.1 Å². The van der Waals surface area contributed by atoms with Crippen LogP contribution in [0.5, 0.6) is 5.75 Å². The number of carbonyl (C=O) groups is 1. The normalized spacial score (nSPS) is 10.9. The van der Waals surface area contributed by atoms with Gasteiger partial charge in [0.1, 0.15) is 11.4 Å². The number of aromatic hydroxyl groups is 1. The maximum atomic E-state index is 12.4. The number of H-pyrrole nitrogens is 1. The van der Waals surface area contributed by atoms with Crippen molar-refractivity contribution < 1.29 is 9.90 Å². The Morgan fingerprint density at radius 3 is 2.38 bits per heavy atom. The van der Waals surface area contributed by atoms with E-state index in [-0.39, 0.29) is 17.0 Å². The van der Waals surface area contributed by atoms with E-state index in [4.69, 9.17) is 0 Å². The van der Waals surface area contributed by atoms with Gasteiger partial charge in [-0.1, -0.05) is 30.3 Å². The molecule has 5 rings (SSSR count). The highest BCUT2D eigenvalue weighted by molar-refractivity contribution is 6.12. The molecule has 2 heterocycles. The van der Waals surface area contributed by atoms with E-state index in [1.54, 1.807) is 48.7 Å². The molecule has 0 aliphatic rings. The van der Waals surface area contributed by atoms with Crippen molar-refractivity contribution in [3.05, 3.63) is 101 Å². The van der Waals surface area contributed by atoms with Crippen molar-refractivity contribution in [2.45, 2.75) is 0 Å². The molecular weight excluding hydrogens is 404 g/mol. The van der Waals surface area contributed by atoms with Crippen molar-refractivity contribution in [3.8, 4) is 5.75 Å². The molecule has 0 aliphatic heterocycles. The summed E-state index contributed by atoms with van der Waals surface area (Å²) in [5, 5.41) is 17.9. The molecule has 5 aromatic rings. The van der Waals surface area contributed by atoms with E-state index in [9.17, 15) is 14.7 Å². The summed E-state index contributed by atoms with van der Waals surface area (Å²) in [4.78, 5) is 31.7. The molecular formula is C25H18N4O3. The lowest BCUT2D eigenvalue weighted by molar-refractivity contribution is 0.102. The Morgan fingerprint density at radius 2 is 1.59 bits per heavy atom. The smallest absolute Gasteiger partial charge is 0.261 e. The highest BCUT2D eigenvalue weighted by atomic mass is 16.3. The van der Waals surface area contributed by atoms with Crippen molar-refractivity contribution >= 4 is 44.8 Å². The third-order valence-electron chi connectivity index (χ3n) is 5.18. The van der Waals surface area contributed by atoms with Crippen LogP contribution < -0.4 is 16.2 Å². The van der Waals surface area contributed by atoms with Gasteiger partial charge in [0.15, 0.2) is 0 Å². The van der Waals surface area contributed by atoms with Crippen LogP contribution in [0.15, 0.2) is 89.9 Å². The molecule has 3 aromatic carbocycles. The number of hydrogen-bond acceptors (Lipinski definition) is 5. The average molecular weight is 422 g/mol. The summed E-state index contributed by atoms with van der Waals surface area (Å²) in [5.41, 5.74) is 2.79. The number of amides is 1. The zero-order chi connectivity index (χ0) is 22.1. The Morgan fingerprint density at radius 1 is 0.844 bits per heavy atom. The highest BCUT2D eigenvalue weighted by Gasteiger charge is 2.13. The van der Waals surface area contributed by atoms with E-state index < -0.39 is 5.56 Å². The molecule has 0 spiro atoms. The van der Waals surface area contributed by atoms with Crippen molar-refractivity contribution in [2.24, 2.45) is 0 Å². The first-order valence-electron chi connectivity index (χ1n) is 9.96. The molecule has 156 valence electrons. The van der Waals surface area contributed by atoms with Crippen LogP contribution in [0.25, 0.3) is 21.8 Å². The Balaban J connectivity index is 1.47. The number of aromatic nitrogens is 2. The fourth-order valence-electron chi connectivity index (χ4n) is 3.68. The molecule has 7 heteroatoms. The van der Waals surface area contributed by atoms with Crippen LogP contribution in [-0.4, -0.2) is 21.0 Å². The van der Waals surface area contributed by atoms with E-state index in [0.717, 1.165) is 11.4 Å². The number of nitrogens with one attached hydrogen (secondary N) is 3. The summed E-state index contributed by atoms with van der Waals surface area (Å²) >= 11 is 0. The Bertz CT molecular complexity index is 1510. The van der Waals surface area contributed by atoms with Crippen molar-refractivity contribution in [3.63, 3.8) is 0 Å². The number of benzene rings is 3. The van der Waals surface area contributed by atoms with E-state index in [0.29, 0.717) is 27.7 Å². The van der Waals surface area contributed by atoms with Crippen LogP contribution in [0.1, 0.15) is 10.4 Å². The fourth-order valence-corrected chi connectivity index (χ4v) is 3.68. The van der Waals surface area contributed by atoms with Gasteiger partial charge in [0.05, 0.1) is 11.1 Å². The quantitative estimate of drug-likeness (QED) is 0.312. The number of rotatable bonds is 4. The van der Waals surface area contributed by atoms with Gasteiger partial charge in [-0.05, 0) is 48.5 Å². The summed E-state index contributed by atoms with van der Waals surface area (Å²) in [6, 6.07) is 23.1. The molecule has 0 fully saturated rings. The molecule has 0 radical (unpaired) electrons. The topological polar surface area (TPSA) is 107 Å². The van der Waals surface area contributed by atoms with Crippen LogP contribution in [0, 0.1) is 0 Å². The minimum atomic E-state index is -0.395.